The second kappa shape index (κ2) is 10.00. The molecule has 8 heteroatoms. The zero-order chi connectivity index (χ0) is 24.4. The summed E-state index contributed by atoms with van der Waals surface area (Å²) >= 11 is 5.87. The number of methoxy groups -OCH3 is 2. The molecule has 4 aromatic rings. The second-order valence-corrected chi connectivity index (χ2v) is 8.92. The van der Waals surface area contributed by atoms with Crippen molar-refractivity contribution in [2.45, 2.75) is 39.3 Å². The van der Waals surface area contributed by atoms with Crippen LogP contribution in [0.1, 0.15) is 36.8 Å². The fraction of sp³-hybridized carbons (Fsp3) is 0.333. The van der Waals surface area contributed by atoms with Crippen molar-refractivity contribution in [3.05, 3.63) is 65.6 Å². The van der Waals surface area contributed by atoms with Crippen LogP contribution in [0.4, 0.5) is 0 Å². The lowest BCUT2D eigenvalue weighted by molar-refractivity contribution is 0.288. The van der Waals surface area contributed by atoms with Gasteiger partial charge in [-0.05, 0) is 68.1 Å². The van der Waals surface area contributed by atoms with Crippen LogP contribution in [0.5, 0.6) is 17.2 Å². The van der Waals surface area contributed by atoms with Crippen LogP contribution in [0.3, 0.4) is 0 Å². The van der Waals surface area contributed by atoms with Crippen molar-refractivity contribution < 1.29 is 14.2 Å². The zero-order valence-electron chi connectivity index (χ0n) is 20.3. The zero-order valence-corrected chi connectivity index (χ0v) is 21.2. The first-order valence-corrected chi connectivity index (χ1v) is 12.4. The van der Waals surface area contributed by atoms with Crippen molar-refractivity contribution in [3.8, 4) is 28.4 Å². The molecule has 0 radical (unpaired) electrons. The van der Waals surface area contributed by atoms with E-state index in [0.717, 1.165) is 77.9 Å². The summed E-state index contributed by atoms with van der Waals surface area (Å²) in [6.07, 6.45) is 3.17. The highest BCUT2D eigenvalue weighted by Gasteiger charge is 2.29. The molecule has 0 unspecified atom stereocenters. The molecule has 182 valence electrons. The van der Waals surface area contributed by atoms with Gasteiger partial charge < -0.3 is 24.1 Å². The number of aromatic nitrogens is 3. The summed E-state index contributed by atoms with van der Waals surface area (Å²) in [5.41, 5.74) is 5.59. The third kappa shape index (κ3) is 4.34. The van der Waals surface area contributed by atoms with Gasteiger partial charge in [0, 0.05) is 24.2 Å². The Morgan fingerprint density at radius 2 is 1.63 bits per heavy atom. The van der Waals surface area contributed by atoms with E-state index in [2.05, 4.69) is 28.9 Å². The Bertz CT molecular complexity index is 1340. The molecular weight excluding hydrogens is 460 g/mol. The minimum Gasteiger partial charge on any atom is -0.497 e. The maximum atomic E-state index is 6.11. The predicted molar refractivity (Wildman–Crippen MR) is 141 cm³/mol. The Morgan fingerprint density at radius 1 is 0.971 bits per heavy atom. The monoisotopic (exact) mass is 490 g/mol. The van der Waals surface area contributed by atoms with Gasteiger partial charge in [-0.2, -0.15) is 0 Å². The molecule has 0 saturated heterocycles. The highest BCUT2D eigenvalue weighted by atomic mass is 32.1. The molecule has 2 aromatic heterocycles. The molecule has 0 spiro atoms. The van der Waals surface area contributed by atoms with Crippen molar-refractivity contribution in [1.29, 1.82) is 0 Å². The normalized spacial score (nSPS) is 12.9. The van der Waals surface area contributed by atoms with Gasteiger partial charge in [-0.25, -0.2) is 4.52 Å². The Labute approximate surface area is 210 Å². The molecule has 7 nitrogen and oxygen atoms in total. The summed E-state index contributed by atoms with van der Waals surface area (Å²) in [5.74, 6) is 3.30. The van der Waals surface area contributed by atoms with E-state index in [1.807, 2.05) is 40.9 Å². The SMILES string of the molecule is CCNC(=S)c1c(-c2ccc(OC)cc2)c2c3n(c(COc4ccc(OC)cc4)nn13)CCCC2. The molecule has 35 heavy (non-hydrogen) atoms. The molecule has 1 N–H and O–H groups in total. The van der Waals surface area contributed by atoms with Crippen molar-refractivity contribution in [3.63, 3.8) is 0 Å². The fourth-order valence-corrected chi connectivity index (χ4v) is 5.09. The maximum absolute atomic E-state index is 6.11. The number of thiocarbonyl (C=S) groups is 1. The van der Waals surface area contributed by atoms with E-state index < -0.39 is 0 Å². The third-order valence-corrected chi connectivity index (χ3v) is 6.76. The average Bonchev–Trinajstić information content (AvgIpc) is 3.29. The van der Waals surface area contributed by atoms with Gasteiger partial charge >= 0.3 is 0 Å². The number of benzene rings is 2. The summed E-state index contributed by atoms with van der Waals surface area (Å²) in [5, 5.41) is 8.39. The van der Waals surface area contributed by atoms with Crippen LogP contribution in [-0.4, -0.2) is 39.9 Å². The summed E-state index contributed by atoms with van der Waals surface area (Å²) in [7, 11) is 3.34. The molecule has 0 saturated carbocycles. The highest BCUT2D eigenvalue weighted by Crippen LogP contribution is 2.37. The van der Waals surface area contributed by atoms with Crippen LogP contribution in [-0.2, 0) is 19.6 Å². The topological polar surface area (TPSA) is 62.0 Å². The van der Waals surface area contributed by atoms with Crippen LogP contribution in [0.25, 0.3) is 16.8 Å². The lowest BCUT2D eigenvalue weighted by atomic mass is 9.98. The lowest BCUT2D eigenvalue weighted by Crippen LogP contribution is -2.24. The van der Waals surface area contributed by atoms with Crippen LogP contribution in [0, 0.1) is 0 Å². The smallest absolute Gasteiger partial charge is 0.169 e. The van der Waals surface area contributed by atoms with Gasteiger partial charge in [-0.15, -0.1) is 5.10 Å². The molecule has 5 rings (SSSR count). The number of nitrogens with zero attached hydrogens (tertiary/aromatic N) is 3. The minimum atomic E-state index is 0.374. The molecule has 1 aliphatic rings. The Hall–Kier alpha value is -3.52. The van der Waals surface area contributed by atoms with Gasteiger partial charge in [0.1, 0.15) is 40.2 Å². The van der Waals surface area contributed by atoms with E-state index in [-0.39, 0.29) is 0 Å². The first kappa shape index (κ1) is 23.2. The summed E-state index contributed by atoms with van der Waals surface area (Å²) in [6, 6.07) is 15.8. The van der Waals surface area contributed by atoms with E-state index in [1.54, 1.807) is 14.2 Å². The largest absolute Gasteiger partial charge is 0.497 e. The van der Waals surface area contributed by atoms with Crippen molar-refractivity contribution in [2.24, 2.45) is 0 Å². The molecule has 2 aromatic carbocycles. The molecule has 3 heterocycles. The molecule has 0 fully saturated rings. The van der Waals surface area contributed by atoms with E-state index >= 15 is 0 Å². The molecule has 0 atom stereocenters. The second-order valence-electron chi connectivity index (χ2n) is 8.51. The fourth-order valence-electron chi connectivity index (χ4n) is 4.75. The minimum absolute atomic E-state index is 0.374. The number of rotatable bonds is 8. The van der Waals surface area contributed by atoms with Crippen molar-refractivity contribution >= 4 is 22.9 Å². The van der Waals surface area contributed by atoms with E-state index in [0.29, 0.717) is 11.6 Å². The predicted octanol–water partition coefficient (Wildman–Crippen LogP) is 5.02. The first-order chi connectivity index (χ1) is 17.1. The number of ether oxygens (including phenoxy) is 3. The van der Waals surface area contributed by atoms with Gasteiger partial charge in [0.2, 0.25) is 0 Å². The molecule has 0 bridgehead atoms. The first-order valence-electron chi connectivity index (χ1n) is 12.0. The number of nitrogens with one attached hydrogen (secondary N) is 1. The van der Waals surface area contributed by atoms with Crippen LogP contribution in [0.2, 0.25) is 0 Å². The van der Waals surface area contributed by atoms with Crippen LogP contribution >= 0.6 is 12.2 Å². The van der Waals surface area contributed by atoms with Crippen LogP contribution < -0.4 is 19.5 Å². The maximum Gasteiger partial charge on any atom is 0.169 e. The molecular formula is C27H30N4O3S. The Kier molecular flexibility index (Phi) is 6.63. The quantitative estimate of drug-likeness (QED) is 0.350. The summed E-state index contributed by atoms with van der Waals surface area (Å²) in [6.45, 7) is 4.08. The van der Waals surface area contributed by atoms with Gasteiger partial charge in [-0.1, -0.05) is 24.4 Å². The third-order valence-electron chi connectivity index (χ3n) is 6.42. The number of hydrogen-bond donors (Lipinski definition) is 1. The molecule has 1 aliphatic heterocycles. The number of hydrogen-bond acceptors (Lipinski definition) is 5. The highest BCUT2D eigenvalue weighted by molar-refractivity contribution is 7.80. The average molecular weight is 491 g/mol. The lowest BCUT2D eigenvalue weighted by Gasteiger charge is -2.11. The van der Waals surface area contributed by atoms with Crippen molar-refractivity contribution in [2.75, 3.05) is 20.8 Å². The summed E-state index contributed by atoms with van der Waals surface area (Å²) in [4.78, 5) is 0.701. The van der Waals surface area contributed by atoms with Gasteiger partial charge in [0.15, 0.2) is 5.82 Å². The van der Waals surface area contributed by atoms with Crippen molar-refractivity contribution in [1.82, 2.24) is 19.5 Å². The Balaban J connectivity index is 1.61. The van der Waals surface area contributed by atoms with E-state index in [9.17, 15) is 0 Å². The number of aryl methyl sites for hydroxylation is 2. The standard InChI is InChI=1S/C27H30N4O3S/c1-4-28-26(35)25-24(18-8-10-19(32-2)11-9-18)22-7-5-6-16-30-23(29-31(25)27(22)30)17-34-21-14-12-20(33-3)13-15-21/h8-15H,4-7,16-17H2,1-3H3,(H,28,35). The van der Waals surface area contributed by atoms with Gasteiger partial charge in [0.05, 0.1) is 14.2 Å². The molecule has 0 amide bonds. The van der Waals surface area contributed by atoms with Crippen LogP contribution in [0.15, 0.2) is 48.5 Å². The summed E-state index contributed by atoms with van der Waals surface area (Å²) < 4.78 is 21.1. The van der Waals surface area contributed by atoms with E-state index in [1.165, 1.54) is 5.56 Å². The Morgan fingerprint density at radius 3 is 2.29 bits per heavy atom. The van der Waals surface area contributed by atoms with E-state index in [4.69, 9.17) is 31.5 Å². The molecule has 0 aliphatic carbocycles. The van der Waals surface area contributed by atoms with Gasteiger partial charge in [0.25, 0.3) is 0 Å². The van der Waals surface area contributed by atoms with Gasteiger partial charge in [-0.3, -0.25) is 0 Å².